The highest BCUT2D eigenvalue weighted by Gasteiger charge is 2.34. The lowest BCUT2D eigenvalue weighted by atomic mass is 10.1. The minimum absolute atomic E-state index is 0.0456. The van der Waals surface area contributed by atoms with E-state index < -0.39 is 0 Å². The van der Waals surface area contributed by atoms with Crippen LogP contribution in [0, 0.1) is 0 Å². The van der Waals surface area contributed by atoms with E-state index in [9.17, 15) is 4.79 Å². The van der Waals surface area contributed by atoms with Crippen LogP contribution in [0.15, 0.2) is 24.3 Å². The first-order valence-electron chi connectivity index (χ1n) is 7.65. The largest absolute Gasteiger partial charge is 0.385 e. The molecule has 1 amide bonds. The van der Waals surface area contributed by atoms with E-state index in [-0.39, 0.29) is 5.91 Å². The van der Waals surface area contributed by atoms with Crippen molar-refractivity contribution < 1.29 is 4.79 Å². The minimum atomic E-state index is 0.0456. The van der Waals surface area contributed by atoms with E-state index >= 15 is 0 Å². The van der Waals surface area contributed by atoms with Gasteiger partial charge in [0.05, 0.1) is 5.56 Å². The molecule has 1 atom stereocenters. The zero-order valence-electron chi connectivity index (χ0n) is 12.1. The molecule has 1 aromatic carbocycles. The molecule has 1 aliphatic heterocycles. The summed E-state index contributed by atoms with van der Waals surface area (Å²) in [7, 11) is 0. The fourth-order valence-electron chi connectivity index (χ4n) is 2.97. The lowest BCUT2D eigenvalue weighted by Gasteiger charge is -2.17. The third kappa shape index (κ3) is 2.96. The van der Waals surface area contributed by atoms with E-state index in [0.717, 1.165) is 43.3 Å². The van der Waals surface area contributed by atoms with Crippen molar-refractivity contribution in [3.05, 3.63) is 29.8 Å². The van der Waals surface area contributed by atoms with Gasteiger partial charge in [-0.1, -0.05) is 12.1 Å². The third-order valence-electron chi connectivity index (χ3n) is 4.16. The molecule has 1 aliphatic carbocycles. The Hall–Kier alpha value is -1.55. The number of para-hydroxylation sites is 1. The molecular formula is C16H23N3O. The summed E-state index contributed by atoms with van der Waals surface area (Å²) >= 11 is 0. The second kappa shape index (κ2) is 5.83. The van der Waals surface area contributed by atoms with Gasteiger partial charge in [0.25, 0.3) is 5.91 Å². The van der Waals surface area contributed by atoms with Gasteiger partial charge in [0.2, 0.25) is 0 Å². The quantitative estimate of drug-likeness (QED) is 0.863. The number of nitrogens with one attached hydrogen (secondary N) is 2. The van der Waals surface area contributed by atoms with Crippen LogP contribution >= 0.6 is 0 Å². The van der Waals surface area contributed by atoms with Gasteiger partial charge in [-0.2, -0.15) is 0 Å². The smallest absolute Gasteiger partial charge is 0.253 e. The molecule has 4 heteroatoms. The van der Waals surface area contributed by atoms with Crippen molar-refractivity contribution in [3.8, 4) is 0 Å². The Morgan fingerprint density at radius 1 is 1.30 bits per heavy atom. The molecule has 0 aromatic heterocycles. The molecule has 1 aromatic rings. The molecule has 20 heavy (non-hydrogen) atoms. The van der Waals surface area contributed by atoms with Crippen LogP contribution in [0.25, 0.3) is 0 Å². The van der Waals surface area contributed by atoms with Gasteiger partial charge in [-0.05, 0) is 38.3 Å². The first kappa shape index (κ1) is 13.4. The maximum Gasteiger partial charge on any atom is 0.253 e. The van der Waals surface area contributed by atoms with E-state index in [4.69, 9.17) is 0 Å². The average Bonchev–Trinajstić information content (AvgIpc) is 3.20. The van der Waals surface area contributed by atoms with Crippen molar-refractivity contribution in [3.63, 3.8) is 0 Å². The highest BCUT2D eigenvalue weighted by atomic mass is 16.1. The van der Waals surface area contributed by atoms with E-state index in [1.165, 1.54) is 12.8 Å². The summed E-state index contributed by atoms with van der Waals surface area (Å²) in [5.74, 6) is 0.0456. The molecule has 108 valence electrons. The van der Waals surface area contributed by atoms with Crippen LogP contribution in [-0.2, 0) is 0 Å². The first-order chi connectivity index (χ1) is 9.78. The number of benzene rings is 1. The van der Waals surface area contributed by atoms with Gasteiger partial charge in [-0.3, -0.25) is 9.69 Å². The second-order valence-corrected chi connectivity index (χ2v) is 5.76. The number of hydrogen-bond donors (Lipinski definition) is 2. The highest BCUT2D eigenvalue weighted by molar-refractivity contribution is 5.99. The number of rotatable bonds is 5. The summed E-state index contributed by atoms with van der Waals surface area (Å²) in [4.78, 5) is 14.9. The minimum Gasteiger partial charge on any atom is -0.385 e. The van der Waals surface area contributed by atoms with Crippen molar-refractivity contribution in [2.45, 2.75) is 38.3 Å². The molecule has 1 heterocycles. The van der Waals surface area contributed by atoms with Crippen molar-refractivity contribution in [1.29, 1.82) is 0 Å². The van der Waals surface area contributed by atoms with E-state index in [2.05, 4.69) is 15.5 Å². The van der Waals surface area contributed by atoms with Crippen LogP contribution in [0.1, 0.15) is 36.5 Å². The Labute approximate surface area is 120 Å². The number of hydrogen-bond acceptors (Lipinski definition) is 3. The number of carbonyl (C=O) groups is 1. The molecule has 0 spiro atoms. The first-order valence-corrected chi connectivity index (χ1v) is 7.65. The predicted molar refractivity (Wildman–Crippen MR) is 81.1 cm³/mol. The fourth-order valence-corrected chi connectivity index (χ4v) is 2.97. The SMILES string of the molecule is CCNc1ccccc1C(=O)NC1CCN(C2CC2)C1. The van der Waals surface area contributed by atoms with Crippen molar-refractivity contribution >= 4 is 11.6 Å². The van der Waals surface area contributed by atoms with Gasteiger partial charge in [0.15, 0.2) is 0 Å². The Morgan fingerprint density at radius 2 is 2.10 bits per heavy atom. The van der Waals surface area contributed by atoms with Gasteiger partial charge in [0.1, 0.15) is 0 Å². The van der Waals surface area contributed by atoms with Crippen LogP contribution in [0.4, 0.5) is 5.69 Å². The van der Waals surface area contributed by atoms with Crippen LogP contribution in [-0.4, -0.2) is 42.5 Å². The number of nitrogens with zero attached hydrogens (tertiary/aromatic N) is 1. The van der Waals surface area contributed by atoms with Crippen LogP contribution < -0.4 is 10.6 Å². The third-order valence-corrected chi connectivity index (χ3v) is 4.16. The molecule has 1 saturated heterocycles. The van der Waals surface area contributed by atoms with E-state index in [0.29, 0.717) is 6.04 Å². The van der Waals surface area contributed by atoms with Gasteiger partial charge in [-0.15, -0.1) is 0 Å². The second-order valence-electron chi connectivity index (χ2n) is 5.76. The molecule has 0 radical (unpaired) electrons. The Balaban J connectivity index is 1.61. The summed E-state index contributed by atoms with van der Waals surface area (Å²) in [5, 5.41) is 6.43. The average molecular weight is 273 g/mol. The number of anilines is 1. The highest BCUT2D eigenvalue weighted by Crippen LogP contribution is 2.29. The molecule has 2 aliphatic rings. The number of amides is 1. The Bertz CT molecular complexity index is 484. The van der Waals surface area contributed by atoms with E-state index in [1.807, 2.05) is 31.2 Å². The van der Waals surface area contributed by atoms with Gasteiger partial charge in [-0.25, -0.2) is 0 Å². The molecule has 1 unspecified atom stereocenters. The molecular weight excluding hydrogens is 250 g/mol. The molecule has 1 saturated carbocycles. The maximum atomic E-state index is 12.4. The molecule has 0 bridgehead atoms. The predicted octanol–water partition coefficient (Wildman–Crippen LogP) is 2.08. The van der Waals surface area contributed by atoms with Gasteiger partial charge in [0, 0.05) is 37.4 Å². The summed E-state index contributed by atoms with van der Waals surface area (Å²) in [6.07, 6.45) is 3.75. The van der Waals surface area contributed by atoms with Crippen LogP contribution in [0.3, 0.4) is 0 Å². The van der Waals surface area contributed by atoms with Crippen molar-refractivity contribution in [2.75, 3.05) is 25.0 Å². The maximum absolute atomic E-state index is 12.4. The monoisotopic (exact) mass is 273 g/mol. The molecule has 2 fully saturated rings. The van der Waals surface area contributed by atoms with Gasteiger partial charge >= 0.3 is 0 Å². The number of carbonyl (C=O) groups excluding carboxylic acids is 1. The lowest BCUT2D eigenvalue weighted by Crippen LogP contribution is -2.37. The number of likely N-dealkylation sites (tertiary alicyclic amines) is 1. The zero-order valence-corrected chi connectivity index (χ0v) is 12.1. The van der Waals surface area contributed by atoms with Crippen LogP contribution in [0.2, 0.25) is 0 Å². The van der Waals surface area contributed by atoms with Crippen LogP contribution in [0.5, 0.6) is 0 Å². The Kier molecular flexibility index (Phi) is 3.92. The van der Waals surface area contributed by atoms with Crippen molar-refractivity contribution in [2.24, 2.45) is 0 Å². The topological polar surface area (TPSA) is 44.4 Å². The fraction of sp³-hybridized carbons (Fsp3) is 0.562. The zero-order chi connectivity index (χ0) is 13.9. The Morgan fingerprint density at radius 3 is 2.85 bits per heavy atom. The van der Waals surface area contributed by atoms with Gasteiger partial charge < -0.3 is 10.6 Å². The van der Waals surface area contributed by atoms with Crippen molar-refractivity contribution in [1.82, 2.24) is 10.2 Å². The lowest BCUT2D eigenvalue weighted by molar-refractivity contribution is 0.0938. The molecule has 2 N–H and O–H groups in total. The molecule has 3 rings (SSSR count). The standard InChI is InChI=1S/C16H23N3O/c1-2-17-15-6-4-3-5-14(15)16(20)18-12-9-10-19(11-12)13-7-8-13/h3-6,12-13,17H,2,7-11H2,1H3,(H,18,20). The molecule has 4 nitrogen and oxygen atoms in total. The van der Waals surface area contributed by atoms with E-state index in [1.54, 1.807) is 0 Å². The normalized spacial score (nSPS) is 22.8. The summed E-state index contributed by atoms with van der Waals surface area (Å²) < 4.78 is 0. The summed E-state index contributed by atoms with van der Waals surface area (Å²) in [6, 6.07) is 8.83. The summed E-state index contributed by atoms with van der Waals surface area (Å²) in [6.45, 7) is 5.01. The summed E-state index contributed by atoms with van der Waals surface area (Å²) in [5.41, 5.74) is 1.67.